The van der Waals surface area contributed by atoms with E-state index in [1.165, 1.54) is 0 Å². The Hall–Kier alpha value is -3.18. The zero-order valence-electron chi connectivity index (χ0n) is 13.8. The van der Waals surface area contributed by atoms with Gasteiger partial charge in [-0.25, -0.2) is 0 Å². The Morgan fingerprint density at radius 2 is 1.73 bits per heavy atom. The zero-order valence-corrected chi connectivity index (χ0v) is 14.6. The number of hydrogen-bond acceptors (Lipinski definition) is 5. The summed E-state index contributed by atoms with van der Waals surface area (Å²) in [5, 5.41) is 20.0. The molecule has 0 atom stereocenters. The van der Waals surface area contributed by atoms with Crippen molar-refractivity contribution in [1.29, 1.82) is 0 Å². The third-order valence-corrected chi connectivity index (χ3v) is 5.36. The van der Waals surface area contributed by atoms with Crippen molar-refractivity contribution in [1.82, 2.24) is 10.3 Å². The largest absolute Gasteiger partial charge is 0.507 e. The van der Waals surface area contributed by atoms with Crippen molar-refractivity contribution in [3.63, 3.8) is 0 Å². The van der Waals surface area contributed by atoms with Crippen molar-refractivity contribution in [2.24, 2.45) is 5.10 Å². The smallest absolute Gasteiger partial charge is 0.196 e. The minimum Gasteiger partial charge on any atom is -0.507 e. The van der Waals surface area contributed by atoms with E-state index in [1.54, 1.807) is 17.8 Å². The highest BCUT2D eigenvalue weighted by Crippen LogP contribution is 2.39. The molecule has 0 amide bonds. The highest BCUT2D eigenvalue weighted by atomic mass is 32.2. The summed E-state index contributed by atoms with van der Waals surface area (Å²) in [7, 11) is 0. The van der Waals surface area contributed by atoms with Crippen LogP contribution in [0.15, 0.2) is 83.4 Å². The second-order valence-corrected chi connectivity index (χ2v) is 6.92. The number of rotatable bonds is 2. The van der Waals surface area contributed by atoms with Crippen LogP contribution in [0, 0.1) is 0 Å². The van der Waals surface area contributed by atoms with E-state index in [4.69, 9.17) is 0 Å². The summed E-state index contributed by atoms with van der Waals surface area (Å²) in [6.45, 7) is 0. The van der Waals surface area contributed by atoms with Gasteiger partial charge in [0.05, 0.1) is 17.0 Å². The van der Waals surface area contributed by atoms with Crippen molar-refractivity contribution in [2.45, 2.75) is 0 Å². The molecule has 2 heterocycles. The molecule has 0 aliphatic carbocycles. The van der Waals surface area contributed by atoms with Crippen LogP contribution in [-0.2, 0) is 0 Å². The van der Waals surface area contributed by atoms with Gasteiger partial charge in [-0.05, 0) is 22.4 Å². The summed E-state index contributed by atoms with van der Waals surface area (Å²) in [4.78, 5) is 2.06. The molecule has 26 heavy (non-hydrogen) atoms. The van der Waals surface area contributed by atoms with Gasteiger partial charge in [0, 0.05) is 11.6 Å². The second-order valence-electron chi connectivity index (χ2n) is 6.09. The average Bonchev–Trinajstić information content (AvgIpc) is 3.12. The number of hydrogen-bond donors (Lipinski definition) is 2. The Morgan fingerprint density at radius 3 is 2.62 bits per heavy atom. The van der Waals surface area contributed by atoms with Gasteiger partial charge in [-0.1, -0.05) is 72.4 Å². The monoisotopic (exact) mass is 357 g/mol. The van der Waals surface area contributed by atoms with Crippen LogP contribution < -0.4 is 5.43 Å². The van der Waals surface area contributed by atoms with E-state index >= 15 is 0 Å². The number of aromatic hydroxyl groups is 1. The van der Waals surface area contributed by atoms with Gasteiger partial charge in [-0.2, -0.15) is 0 Å². The molecule has 0 radical (unpaired) electrons. The first-order valence-corrected chi connectivity index (χ1v) is 9.17. The fourth-order valence-corrected chi connectivity index (χ4v) is 4.11. The molecule has 0 unspecified atom stereocenters. The van der Waals surface area contributed by atoms with E-state index in [9.17, 15) is 5.11 Å². The van der Waals surface area contributed by atoms with Crippen molar-refractivity contribution in [3.05, 3.63) is 89.5 Å². The van der Waals surface area contributed by atoms with Crippen molar-refractivity contribution >= 4 is 39.1 Å². The van der Waals surface area contributed by atoms with Crippen LogP contribution in [0.3, 0.4) is 0 Å². The first-order valence-electron chi connectivity index (χ1n) is 8.29. The molecule has 0 saturated carbocycles. The van der Waals surface area contributed by atoms with Gasteiger partial charge < -0.3 is 5.11 Å². The van der Waals surface area contributed by atoms with E-state index in [1.807, 2.05) is 54.7 Å². The molecule has 0 fully saturated rings. The first-order chi connectivity index (χ1) is 12.8. The van der Waals surface area contributed by atoms with Gasteiger partial charge in [0.15, 0.2) is 5.17 Å². The van der Waals surface area contributed by atoms with Crippen LogP contribution in [0.1, 0.15) is 11.1 Å². The molecular formula is C21H15N3OS. The standard InChI is InChI=1S/C21H15N3OS/c25-19-11-10-14-6-4-5-9-16(14)20(19)17-12-24-18(13-26-21(24)23-22-17)15-7-2-1-3-8-15/h1-13,22,25H. The summed E-state index contributed by atoms with van der Waals surface area (Å²) in [6, 6.07) is 21.9. The van der Waals surface area contributed by atoms with Crippen LogP contribution in [-0.4, -0.2) is 15.2 Å². The predicted octanol–water partition coefficient (Wildman–Crippen LogP) is 4.77. The molecule has 3 aromatic carbocycles. The summed E-state index contributed by atoms with van der Waals surface area (Å²) >= 11 is 1.58. The maximum absolute atomic E-state index is 10.5. The molecule has 0 saturated heterocycles. The fraction of sp³-hybridized carbons (Fsp3) is 0. The van der Waals surface area contributed by atoms with Gasteiger partial charge >= 0.3 is 0 Å². The first kappa shape index (κ1) is 15.1. The summed E-state index contributed by atoms with van der Waals surface area (Å²) in [5.41, 5.74) is 6.84. The molecule has 3 aromatic rings. The van der Waals surface area contributed by atoms with Gasteiger partial charge in [0.2, 0.25) is 0 Å². The number of nitrogens with one attached hydrogen (secondary N) is 1. The molecular weight excluding hydrogens is 342 g/mol. The summed E-state index contributed by atoms with van der Waals surface area (Å²) in [6.07, 6.45) is 2.00. The van der Waals surface area contributed by atoms with Gasteiger partial charge in [0.25, 0.3) is 0 Å². The van der Waals surface area contributed by atoms with Crippen molar-refractivity contribution in [2.75, 3.05) is 0 Å². The van der Waals surface area contributed by atoms with Crippen LogP contribution in [0.4, 0.5) is 0 Å². The number of nitrogens with zero attached hydrogens (tertiary/aromatic N) is 2. The predicted molar refractivity (Wildman–Crippen MR) is 108 cm³/mol. The number of phenolic OH excluding ortho intramolecular Hbond substituents is 1. The molecule has 126 valence electrons. The average molecular weight is 357 g/mol. The van der Waals surface area contributed by atoms with Crippen LogP contribution in [0.25, 0.3) is 22.2 Å². The lowest BCUT2D eigenvalue weighted by Crippen LogP contribution is -2.26. The molecule has 2 N–H and O–H groups in total. The van der Waals surface area contributed by atoms with Crippen molar-refractivity contribution in [3.8, 4) is 5.75 Å². The fourth-order valence-electron chi connectivity index (χ4n) is 3.28. The molecule has 2 aliphatic rings. The van der Waals surface area contributed by atoms with E-state index in [-0.39, 0.29) is 5.75 Å². The quantitative estimate of drug-likeness (QED) is 0.694. The Morgan fingerprint density at radius 1 is 0.923 bits per heavy atom. The van der Waals surface area contributed by atoms with Crippen LogP contribution in [0.5, 0.6) is 5.75 Å². The minimum absolute atomic E-state index is 0.234. The third kappa shape index (κ3) is 2.36. The summed E-state index contributed by atoms with van der Waals surface area (Å²) in [5.74, 6) is 0.234. The highest BCUT2D eigenvalue weighted by molar-refractivity contribution is 8.16. The van der Waals surface area contributed by atoms with Gasteiger partial charge in [0.1, 0.15) is 5.75 Å². The SMILES string of the molecule is Oc1ccc2ccccc2c1C1=CN2C(c3ccccc3)=CSC2=NN1. The number of thioether (sulfide) groups is 1. The Bertz CT molecular complexity index is 1100. The lowest BCUT2D eigenvalue weighted by molar-refractivity contribution is 0.474. The highest BCUT2D eigenvalue weighted by Gasteiger charge is 2.27. The maximum atomic E-state index is 10.5. The maximum Gasteiger partial charge on any atom is 0.196 e. The van der Waals surface area contributed by atoms with E-state index < -0.39 is 0 Å². The number of hydrazone groups is 1. The number of fused-ring (bicyclic) bond motifs is 2. The Labute approximate surface area is 155 Å². The third-order valence-electron chi connectivity index (χ3n) is 4.52. The van der Waals surface area contributed by atoms with E-state index in [0.29, 0.717) is 0 Å². The molecule has 5 heteroatoms. The minimum atomic E-state index is 0.234. The van der Waals surface area contributed by atoms with E-state index in [2.05, 4.69) is 33.0 Å². The Balaban J connectivity index is 1.63. The van der Waals surface area contributed by atoms with E-state index in [0.717, 1.165) is 38.5 Å². The summed E-state index contributed by atoms with van der Waals surface area (Å²) < 4.78 is 0. The van der Waals surface area contributed by atoms with Crippen LogP contribution in [0.2, 0.25) is 0 Å². The topological polar surface area (TPSA) is 47.9 Å². The number of amidine groups is 1. The number of benzene rings is 3. The Kier molecular flexibility index (Phi) is 3.47. The molecule has 0 spiro atoms. The molecule has 5 rings (SSSR count). The molecule has 2 aliphatic heterocycles. The van der Waals surface area contributed by atoms with Crippen molar-refractivity contribution < 1.29 is 5.11 Å². The number of phenols is 1. The second kappa shape index (κ2) is 5.97. The zero-order chi connectivity index (χ0) is 17.5. The molecule has 0 bridgehead atoms. The molecule has 4 nitrogen and oxygen atoms in total. The normalized spacial score (nSPS) is 15.8. The lowest BCUT2D eigenvalue weighted by atomic mass is 10.0. The van der Waals surface area contributed by atoms with Crippen LogP contribution >= 0.6 is 11.8 Å². The molecule has 0 aromatic heterocycles. The van der Waals surface area contributed by atoms with Gasteiger partial charge in [-0.3, -0.25) is 10.3 Å². The lowest BCUT2D eigenvalue weighted by Gasteiger charge is -2.25. The van der Waals surface area contributed by atoms with Gasteiger partial charge in [-0.15, -0.1) is 5.10 Å².